The number of phosphoric ester groups is 1. The van der Waals surface area contributed by atoms with E-state index in [1.54, 1.807) is 0 Å². The number of aliphatic hydroxyl groups excluding tert-OH is 1. The van der Waals surface area contributed by atoms with Gasteiger partial charge in [0.25, 0.3) is 0 Å². The summed E-state index contributed by atoms with van der Waals surface area (Å²) in [5.41, 5.74) is 5.33. The van der Waals surface area contributed by atoms with Gasteiger partial charge in [-0.2, -0.15) is 0 Å². The zero-order valence-corrected chi connectivity index (χ0v) is 34.0. The van der Waals surface area contributed by atoms with E-state index in [4.69, 9.17) is 29.4 Å². The molecule has 54 heavy (non-hydrogen) atoms. The van der Waals surface area contributed by atoms with Crippen molar-refractivity contribution in [2.24, 2.45) is 5.73 Å². The average Bonchev–Trinajstić information content (AvgIpc) is 3.16. The number of esters is 2. The van der Waals surface area contributed by atoms with Crippen molar-refractivity contribution in [1.82, 2.24) is 0 Å². The molecule has 0 saturated heterocycles. The quantitative estimate of drug-likeness (QED) is 0.0240. The first-order chi connectivity index (χ1) is 26.3. The molecule has 2 atom stereocenters. The lowest BCUT2D eigenvalue weighted by Crippen LogP contribution is -2.29. The SMILES string of the molecule is CC/C=C\C/C=C\C/C=C\CCCCCCCC(=O)OC[C@H](COP(=O)(O)OCCN)OC(=O)CCC/C=C\C/C=C\C/C=C\C/C=C\CCCCCO. The number of rotatable bonds is 37. The lowest BCUT2D eigenvalue weighted by molar-refractivity contribution is -0.161. The molecule has 4 N–H and O–H groups in total. The molecule has 0 aromatic carbocycles. The number of hydrogen-bond acceptors (Lipinski definition) is 9. The summed E-state index contributed by atoms with van der Waals surface area (Å²) in [6.45, 7) is 1.51. The predicted octanol–water partition coefficient (Wildman–Crippen LogP) is 10.2. The fourth-order valence-electron chi connectivity index (χ4n) is 4.85. The van der Waals surface area contributed by atoms with Crippen LogP contribution in [0.4, 0.5) is 0 Å². The summed E-state index contributed by atoms with van der Waals surface area (Å²) in [6, 6.07) is 0. The molecule has 0 heterocycles. The van der Waals surface area contributed by atoms with Crippen LogP contribution in [-0.4, -0.2) is 61.0 Å². The molecule has 0 aliphatic rings. The maximum absolute atomic E-state index is 12.5. The summed E-state index contributed by atoms with van der Waals surface area (Å²) >= 11 is 0. The molecule has 0 spiro atoms. The largest absolute Gasteiger partial charge is 0.472 e. The van der Waals surface area contributed by atoms with Crippen molar-refractivity contribution in [3.63, 3.8) is 0 Å². The molecule has 0 bridgehead atoms. The van der Waals surface area contributed by atoms with E-state index >= 15 is 0 Å². The highest BCUT2D eigenvalue weighted by Crippen LogP contribution is 2.43. The van der Waals surface area contributed by atoms with Gasteiger partial charge < -0.3 is 25.2 Å². The number of carbonyl (C=O) groups excluding carboxylic acids is 2. The fourth-order valence-corrected chi connectivity index (χ4v) is 5.62. The zero-order valence-electron chi connectivity index (χ0n) is 33.1. The van der Waals surface area contributed by atoms with Gasteiger partial charge in [0.1, 0.15) is 6.61 Å². The lowest BCUT2D eigenvalue weighted by Gasteiger charge is -2.19. The second kappa shape index (κ2) is 39.8. The molecule has 0 saturated carbocycles. The summed E-state index contributed by atoms with van der Waals surface area (Å²) < 4.78 is 32.6. The van der Waals surface area contributed by atoms with Crippen LogP contribution in [0.5, 0.6) is 0 Å². The highest BCUT2D eigenvalue weighted by Gasteiger charge is 2.25. The van der Waals surface area contributed by atoms with Crippen LogP contribution in [-0.2, 0) is 32.7 Å². The Morgan fingerprint density at radius 3 is 1.59 bits per heavy atom. The summed E-state index contributed by atoms with van der Waals surface area (Å²) in [5.74, 6) is -0.939. The van der Waals surface area contributed by atoms with Crippen LogP contribution in [0.2, 0.25) is 0 Å². The van der Waals surface area contributed by atoms with Crippen LogP contribution in [0.25, 0.3) is 0 Å². The van der Waals surface area contributed by atoms with Gasteiger partial charge in [0.2, 0.25) is 0 Å². The van der Waals surface area contributed by atoms with Crippen LogP contribution in [0.3, 0.4) is 0 Å². The monoisotopic (exact) mass is 777 g/mol. The van der Waals surface area contributed by atoms with E-state index in [1.807, 2.05) is 12.2 Å². The van der Waals surface area contributed by atoms with Gasteiger partial charge in [-0.1, -0.05) is 118 Å². The topological polar surface area (TPSA) is 155 Å². The Kier molecular flexibility index (Phi) is 37.7. The number of unbranched alkanes of at least 4 members (excludes halogenated alkanes) is 9. The average molecular weight is 778 g/mol. The minimum atomic E-state index is -4.40. The third-order valence-corrected chi connectivity index (χ3v) is 8.80. The number of aliphatic hydroxyl groups is 1. The Bertz CT molecular complexity index is 1160. The van der Waals surface area contributed by atoms with E-state index in [2.05, 4.69) is 79.8 Å². The molecular weight excluding hydrogens is 705 g/mol. The fraction of sp³-hybridized carbons (Fsp3) is 0.628. The minimum absolute atomic E-state index is 0.0329. The Morgan fingerprint density at radius 1 is 0.593 bits per heavy atom. The predicted molar refractivity (Wildman–Crippen MR) is 221 cm³/mol. The molecule has 308 valence electrons. The summed E-state index contributed by atoms with van der Waals surface area (Å²) in [6.07, 6.45) is 46.3. The Hall–Kier alpha value is -2.85. The van der Waals surface area contributed by atoms with E-state index in [0.717, 1.165) is 96.3 Å². The maximum Gasteiger partial charge on any atom is 0.472 e. The lowest BCUT2D eigenvalue weighted by atomic mass is 10.1. The summed E-state index contributed by atoms with van der Waals surface area (Å²) in [4.78, 5) is 34.8. The number of ether oxygens (including phenoxy) is 2. The number of nitrogens with two attached hydrogens (primary N) is 1. The molecular formula is C43H72NO9P. The third kappa shape index (κ3) is 38.9. The molecule has 0 aromatic rings. The Labute approximate surface area is 326 Å². The normalized spacial score (nSPS) is 14.2. The van der Waals surface area contributed by atoms with E-state index in [0.29, 0.717) is 19.3 Å². The molecule has 1 unspecified atom stereocenters. The summed E-state index contributed by atoms with van der Waals surface area (Å²) in [7, 11) is -4.40. The van der Waals surface area contributed by atoms with Crippen LogP contribution in [0.1, 0.15) is 135 Å². The highest BCUT2D eigenvalue weighted by atomic mass is 31.2. The van der Waals surface area contributed by atoms with Crippen molar-refractivity contribution in [2.75, 3.05) is 33.0 Å². The van der Waals surface area contributed by atoms with Crippen molar-refractivity contribution in [3.05, 3.63) is 85.1 Å². The van der Waals surface area contributed by atoms with Gasteiger partial charge in [-0.3, -0.25) is 18.6 Å². The standard InChI is InChI=1S/C43H72NO9P/c1-2-3-4-5-6-7-8-9-13-16-19-22-25-28-31-34-42(46)50-39-41(40-52-54(48,49)51-38-36-44)53-43(47)35-32-29-26-23-20-17-14-11-10-12-15-18-21-24-27-30-33-37-45/h3-4,6-7,9-10,12-14,17-18,21,23,26,41,45H,2,5,8,11,15-16,19-20,22,24-25,27-40,44H2,1H3,(H,48,49)/b4-3-,7-6-,12-10-,13-9-,17-14-,21-18-,26-23-/t41-/m1/s1. The van der Waals surface area contributed by atoms with Gasteiger partial charge >= 0.3 is 19.8 Å². The van der Waals surface area contributed by atoms with E-state index in [9.17, 15) is 19.0 Å². The number of allylic oxidation sites excluding steroid dienone is 14. The molecule has 0 fully saturated rings. The highest BCUT2D eigenvalue weighted by molar-refractivity contribution is 7.47. The first-order valence-electron chi connectivity index (χ1n) is 20.2. The molecule has 11 heteroatoms. The van der Waals surface area contributed by atoms with Crippen molar-refractivity contribution < 1.29 is 42.7 Å². The first kappa shape index (κ1) is 51.1. The minimum Gasteiger partial charge on any atom is -0.462 e. The number of phosphoric acid groups is 1. The van der Waals surface area contributed by atoms with Crippen LogP contribution < -0.4 is 5.73 Å². The van der Waals surface area contributed by atoms with Crippen LogP contribution >= 0.6 is 7.82 Å². The van der Waals surface area contributed by atoms with Crippen molar-refractivity contribution in [3.8, 4) is 0 Å². The van der Waals surface area contributed by atoms with Gasteiger partial charge in [0.05, 0.1) is 13.2 Å². The molecule has 0 rings (SSSR count). The Morgan fingerprint density at radius 2 is 1.06 bits per heavy atom. The van der Waals surface area contributed by atoms with Crippen molar-refractivity contribution in [1.29, 1.82) is 0 Å². The molecule has 0 aromatic heterocycles. The van der Waals surface area contributed by atoms with Crippen molar-refractivity contribution in [2.45, 2.75) is 141 Å². The van der Waals surface area contributed by atoms with Crippen LogP contribution in [0, 0.1) is 0 Å². The Balaban J connectivity index is 4.34. The second-order valence-corrected chi connectivity index (χ2v) is 14.3. The van der Waals surface area contributed by atoms with Crippen LogP contribution in [0.15, 0.2) is 85.1 Å². The van der Waals surface area contributed by atoms with Gasteiger partial charge in [0, 0.05) is 26.0 Å². The van der Waals surface area contributed by atoms with E-state index in [-0.39, 0.29) is 39.2 Å². The maximum atomic E-state index is 12.5. The molecule has 0 aliphatic carbocycles. The number of hydrogen-bond donors (Lipinski definition) is 3. The number of carbonyl (C=O) groups is 2. The smallest absolute Gasteiger partial charge is 0.462 e. The third-order valence-electron chi connectivity index (χ3n) is 7.82. The van der Waals surface area contributed by atoms with Gasteiger partial charge in [0.15, 0.2) is 6.10 Å². The van der Waals surface area contributed by atoms with E-state index in [1.165, 1.54) is 0 Å². The second-order valence-electron chi connectivity index (χ2n) is 12.8. The van der Waals surface area contributed by atoms with Gasteiger partial charge in [-0.05, 0) is 89.9 Å². The zero-order chi connectivity index (χ0) is 39.6. The first-order valence-corrected chi connectivity index (χ1v) is 21.7. The van der Waals surface area contributed by atoms with Gasteiger partial charge in [-0.15, -0.1) is 0 Å². The molecule has 10 nitrogen and oxygen atoms in total. The molecule has 0 aliphatic heterocycles. The van der Waals surface area contributed by atoms with Gasteiger partial charge in [-0.25, -0.2) is 4.57 Å². The van der Waals surface area contributed by atoms with E-state index < -0.39 is 32.5 Å². The summed E-state index contributed by atoms with van der Waals surface area (Å²) in [5, 5.41) is 8.78. The van der Waals surface area contributed by atoms with Crippen molar-refractivity contribution >= 4 is 19.8 Å². The molecule has 0 amide bonds. The molecule has 0 radical (unpaired) electrons.